The molecule has 6 heteroatoms. The van der Waals surface area contributed by atoms with E-state index in [2.05, 4.69) is 24.0 Å². The van der Waals surface area contributed by atoms with Crippen molar-refractivity contribution in [2.75, 3.05) is 36.0 Å². The normalized spacial score (nSPS) is 19.1. The fourth-order valence-corrected chi connectivity index (χ4v) is 4.05. The van der Waals surface area contributed by atoms with Crippen LogP contribution in [0.15, 0.2) is 60.3 Å². The van der Waals surface area contributed by atoms with Crippen LogP contribution in [-0.2, 0) is 11.2 Å². The number of benzene rings is 2. The van der Waals surface area contributed by atoms with E-state index in [1.807, 2.05) is 23.1 Å². The Kier molecular flexibility index (Phi) is 5.22. The Morgan fingerprint density at radius 3 is 2.48 bits per heavy atom. The van der Waals surface area contributed by atoms with Crippen LogP contribution in [0, 0.1) is 17.1 Å². The molecule has 2 aliphatic heterocycles. The van der Waals surface area contributed by atoms with E-state index in [4.69, 9.17) is 0 Å². The number of hydrogen-bond donors (Lipinski definition) is 0. The molecule has 0 aliphatic carbocycles. The highest BCUT2D eigenvalue weighted by Crippen LogP contribution is 2.32. The van der Waals surface area contributed by atoms with E-state index in [1.165, 1.54) is 17.7 Å². The van der Waals surface area contributed by atoms with E-state index in [0.29, 0.717) is 26.2 Å². The summed E-state index contributed by atoms with van der Waals surface area (Å²) in [4.78, 5) is 18.8. The molecule has 1 amide bonds. The van der Waals surface area contributed by atoms with Gasteiger partial charge in [0.15, 0.2) is 0 Å². The highest BCUT2D eigenvalue weighted by molar-refractivity contribution is 5.98. The number of carbonyl (C=O) groups is 1. The summed E-state index contributed by atoms with van der Waals surface area (Å²) in [5, 5.41) is 9.64. The smallest absolute Gasteiger partial charge is 0.266 e. The van der Waals surface area contributed by atoms with Gasteiger partial charge in [0.1, 0.15) is 17.5 Å². The van der Waals surface area contributed by atoms with Gasteiger partial charge in [0.2, 0.25) is 0 Å². The number of carbonyl (C=O) groups excluding carboxylic acids is 1. The summed E-state index contributed by atoms with van der Waals surface area (Å²) in [6.45, 7) is 4.46. The lowest BCUT2D eigenvalue weighted by Gasteiger charge is -2.36. The standard InChI is InChI=1S/C23H23FN4O/c1-17-14-18-4-2-3-5-22(18)28(17)16-19(15-25)23(29)27-12-10-26(11-13-27)21-8-6-20(24)7-9-21/h2-9,16-17H,10-14H2,1H3/b19-16-. The number of piperazine rings is 1. The van der Waals surface area contributed by atoms with Crippen molar-refractivity contribution in [2.24, 2.45) is 0 Å². The van der Waals surface area contributed by atoms with Crippen LogP contribution in [0.25, 0.3) is 0 Å². The summed E-state index contributed by atoms with van der Waals surface area (Å²) >= 11 is 0. The minimum Gasteiger partial charge on any atom is -0.368 e. The first-order chi connectivity index (χ1) is 14.1. The van der Waals surface area contributed by atoms with E-state index < -0.39 is 0 Å². The maximum absolute atomic E-state index is 13.1. The van der Waals surface area contributed by atoms with Gasteiger partial charge >= 0.3 is 0 Å². The Morgan fingerprint density at radius 2 is 1.79 bits per heavy atom. The summed E-state index contributed by atoms with van der Waals surface area (Å²) in [6, 6.07) is 16.8. The van der Waals surface area contributed by atoms with Crippen LogP contribution < -0.4 is 9.80 Å². The van der Waals surface area contributed by atoms with Gasteiger partial charge in [-0.15, -0.1) is 0 Å². The summed E-state index contributed by atoms with van der Waals surface area (Å²) in [5.74, 6) is -0.494. The van der Waals surface area contributed by atoms with Gasteiger partial charge in [-0.2, -0.15) is 5.26 Å². The number of anilines is 2. The van der Waals surface area contributed by atoms with E-state index in [-0.39, 0.29) is 23.3 Å². The molecule has 148 valence electrons. The van der Waals surface area contributed by atoms with E-state index in [9.17, 15) is 14.4 Å². The zero-order valence-electron chi connectivity index (χ0n) is 16.4. The van der Waals surface area contributed by atoms with Gasteiger partial charge in [-0.3, -0.25) is 4.79 Å². The fourth-order valence-electron chi connectivity index (χ4n) is 4.05. The van der Waals surface area contributed by atoms with Crippen molar-refractivity contribution in [3.8, 4) is 6.07 Å². The average Bonchev–Trinajstić information content (AvgIpc) is 3.07. The number of rotatable bonds is 3. The van der Waals surface area contributed by atoms with Crippen molar-refractivity contribution in [3.05, 3.63) is 71.7 Å². The zero-order valence-corrected chi connectivity index (χ0v) is 16.4. The topological polar surface area (TPSA) is 50.6 Å². The van der Waals surface area contributed by atoms with Crippen molar-refractivity contribution in [1.29, 1.82) is 5.26 Å². The number of amides is 1. The molecular weight excluding hydrogens is 367 g/mol. The van der Waals surface area contributed by atoms with E-state index in [1.54, 1.807) is 23.2 Å². The lowest BCUT2D eigenvalue weighted by molar-refractivity contribution is -0.127. The van der Waals surface area contributed by atoms with Gasteiger partial charge in [0.25, 0.3) is 5.91 Å². The molecule has 2 aliphatic rings. The molecule has 0 saturated carbocycles. The first-order valence-electron chi connectivity index (χ1n) is 9.85. The third-order valence-electron chi connectivity index (χ3n) is 5.64. The van der Waals surface area contributed by atoms with Crippen LogP contribution in [0.2, 0.25) is 0 Å². The lowest BCUT2D eigenvalue weighted by atomic mass is 10.1. The van der Waals surface area contributed by atoms with Crippen LogP contribution in [0.5, 0.6) is 0 Å². The maximum Gasteiger partial charge on any atom is 0.266 e. The number of hydrogen-bond acceptors (Lipinski definition) is 4. The van der Waals surface area contributed by atoms with Crippen LogP contribution in [0.4, 0.5) is 15.8 Å². The van der Waals surface area contributed by atoms with Crippen molar-refractivity contribution in [3.63, 3.8) is 0 Å². The van der Waals surface area contributed by atoms with Crippen molar-refractivity contribution in [1.82, 2.24) is 4.90 Å². The summed E-state index contributed by atoms with van der Waals surface area (Å²) in [5.41, 5.74) is 3.39. The van der Waals surface area contributed by atoms with Crippen molar-refractivity contribution >= 4 is 17.3 Å². The molecule has 1 saturated heterocycles. The molecule has 4 rings (SSSR count). The van der Waals surface area contributed by atoms with Crippen LogP contribution in [0.3, 0.4) is 0 Å². The molecule has 1 fully saturated rings. The fraction of sp³-hybridized carbons (Fsp3) is 0.304. The minimum absolute atomic E-state index is 0.156. The highest BCUT2D eigenvalue weighted by Gasteiger charge is 2.28. The molecule has 5 nitrogen and oxygen atoms in total. The first-order valence-corrected chi connectivity index (χ1v) is 9.85. The number of fused-ring (bicyclic) bond motifs is 1. The minimum atomic E-state index is -0.260. The van der Waals surface area contributed by atoms with Gasteiger partial charge in [-0.05, 0) is 49.2 Å². The molecule has 0 aromatic heterocycles. The van der Waals surface area contributed by atoms with Crippen molar-refractivity contribution in [2.45, 2.75) is 19.4 Å². The summed E-state index contributed by atoms with van der Waals surface area (Å²) < 4.78 is 13.1. The van der Waals surface area contributed by atoms with Gasteiger partial charge in [-0.25, -0.2) is 4.39 Å². The monoisotopic (exact) mass is 390 g/mol. The highest BCUT2D eigenvalue weighted by atomic mass is 19.1. The number of nitrogens with zero attached hydrogens (tertiary/aromatic N) is 4. The second kappa shape index (κ2) is 7.96. The molecule has 2 aromatic carbocycles. The maximum atomic E-state index is 13.1. The molecule has 1 unspecified atom stereocenters. The zero-order chi connectivity index (χ0) is 20.4. The number of nitriles is 1. The molecule has 2 heterocycles. The molecule has 29 heavy (non-hydrogen) atoms. The van der Waals surface area contributed by atoms with Gasteiger partial charge < -0.3 is 14.7 Å². The molecule has 0 bridgehead atoms. The van der Waals surface area contributed by atoms with Crippen molar-refractivity contribution < 1.29 is 9.18 Å². The summed E-state index contributed by atoms with van der Waals surface area (Å²) in [6.07, 6.45) is 2.60. The number of para-hydroxylation sites is 1. The first kappa shape index (κ1) is 19.0. The van der Waals surface area contributed by atoms with Gasteiger partial charge in [-0.1, -0.05) is 18.2 Å². The Hall–Kier alpha value is -3.33. The van der Waals surface area contributed by atoms with Gasteiger partial charge in [0.05, 0.1) is 0 Å². The van der Waals surface area contributed by atoms with Gasteiger partial charge in [0, 0.05) is 49.8 Å². The molecule has 0 spiro atoms. The summed E-state index contributed by atoms with van der Waals surface area (Å²) in [7, 11) is 0. The largest absolute Gasteiger partial charge is 0.368 e. The Labute approximate surface area is 170 Å². The second-order valence-electron chi connectivity index (χ2n) is 7.50. The SMILES string of the molecule is CC1Cc2ccccc2N1/C=C(/C#N)C(=O)N1CCN(c2ccc(F)cc2)CC1. The molecule has 2 aromatic rings. The molecule has 0 radical (unpaired) electrons. The second-order valence-corrected chi connectivity index (χ2v) is 7.50. The molecule has 0 N–H and O–H groups in total. The predicted molar refractivity (Wildman–Crippen MR) is 111 cm³/mol. The average molecular weight is 390 g/mol. The van der Waals surface area contributed by atoms with Crippen LogP contribution >= 0.6 is 0 Å². The third kappa shape index (κ3) is 3.81. The Balaban J connectivity index is 1.45. The predicted octanol–water partition coefficient (Wildman–Crippen LogP) is 3.33. The van der Waals surface area contributed by atoms with Crippen LogP contribution in [-0.4, -0.2) is 43.0 Å². The Morgan fingerprint density at radius 1 is 1.10 bits per heavy atom. The lowest BCUT2D eigenvalue weighted by Crippen LogP contribution is -2.49. The Bertz CT molecular complexity index is 971. The molecular formula is C23H23FN4O. The molecule has 1 atom stereocenters. The number of halogens is 1. The van der Waals surface area contributed by atoms with E-state index >= 15 is 0 Å². The quantitative estimate of drug-likeness (QED) is 0.596. The third-order valence-corrected chi connectivity index (χ3v) is 5.64. The van der Waals surface area contributed by atoms with E-state index in [0.717, 1.165) is 17.8 Å². The van der Waals surface area contributed by atoms with Crippen LogP contribution in [0.1, 0.15) is 12.5 Å².